The summed E-state index contributed by atoms with van der Waals surface area (Å²) in [4.78, 5) is 25.6. The Bertz CT molecular complexity index is 375. The first-order valence-corrected chi connectivity index (χ1v) is 7.13. The summed E-state index contributed by atoms with van der Waals surface area (Å²) in [5, 5.41) is 3.03. The van der Waals surface area contributed by atoms with Gasteiger partial charge in [0, 0.05) is 25.6 Å². The highest BCUT2D eigenvalue weighted by Crippen LogP contribution is 2.27. The van der Waals surface area contributed by atoms with Gasteiger partial charge in [0.1, 0.15) is 0 Å². The van der Waals surface area contributed by atoms with E-state index in [0.29, 0.717) is 18.9 Å². The Morgan fingerprint density at radius 2 is 2.11 bits per heavy atom. The van der Waals surface area contributed by atoms with Gasteiger partial charge < -0.3 is 16.0 Å². The lowest BCUT2D eigenvalue weighted by Gasteiger charge is -2.43. The SMILES string of the molecule is CC(C)(C)[C@@H](N)C(=O)N1CCC2NC(=O)CCC2C1. The molecule has 5 heteroatoms. The minimum absolute atomic E-state index is 0.0443. The van der Waals surface area contributed by atoms with Gasteiger partial charge in [-0.25, -0.2) is 0 Å². The molecule has 2 unspecified atom stereocenters. The number of carbonyl (C=O) groups is 2. The van der Waals surface area contributed by atoms with Crippen LogP contribution in [0.15, 0.2) is 0 Å². The lowest BCUT2D eigenvalue weighted by molar-refractivity contribution is -0.138. The van der Waals surface area contributed by atoms with Crippen molar-refractivity contribution >= 4 is 11.8 Å². The van der Waals surface area contributed by atoms with E-state index in [9.17, 15) is 9.59 Å². The fourth-order valence-electron chi connectivity index (χ4n) is 2.88. The number of piperidine rings is 2. The molecule has 2 aliphatic heterocycles. The summed E-state index contributed by atoms with van der Waals surface area (Å²) in [7, 11) is 0. The number of likely N-dealkylation sites (tertiary alicyclic amines) is 1. The van der Waals surface area contributed by atoms with Gasteiger partial charge in [0.05, 0.1) is 6.04 Å². The summed E-state index contributed by atoms with van der Waals surface area (Å²) in [6.07, 6.45) is 2.30. The molecular formula is C14H25N3O2. The number of hydrogen-bond acceptors (Lipinski definition) is 3. The molecule has 108 valence electrons. The highest BCUT2D eigenvalue weighted by molar-refractivity contribution is 5.83. The number of amides is 2. The minimum atomic E-state index is -0.456. The Hall–Kier alpha value is -1.10. The second-order valence-corrected chi connectivity index (χ2v) is 6.89. The number of carbonyl (C=O) groups excluding carboxylic acids is 2. The predicted molar refractivity (Wildman–Crippen MR) is 73.3 cm³/mol. The van der Waals surface area contributed by atoms with Crippen LogP contribution in [-0.4, -0.2) is 41.9 Å². The lowest BCUT2D eigenvalue weighted by Crippen LogP contribution is -2.58. The Kier molecular flexibility index (Phi) is 3.85. The van der Waals surface area contributed by atoms with Crippen molar-refractivity contribution < 1.29 is 9.59 Å². The average molecular weight is 267 g/mol. The van der Waals surface area contributed by atoms with Crippen LogP contribution < -0.4 is 11.1 Å². The molecule has 5 nitrogen and oxygen atoms in total. The zero-order chi connectivity index (χ0) is 14.2. The summed E-state index contributed by atoms with van der Waals surface area (Å²) < 4.78 is 0. The van der Waals surface area contributed by atoms with Crippen LogP contribution in [0, 0.1) is 11.3 Å². The third-order valence-electron chi connectivity index (χ3n) is 4.33. The number of hydrogen-bond donors (Lipinski definition) is 2. The molecule has 2 amide bonds. The Balaban J connectivity index is 1.97. The van der Waals surface area contributed by atoms with Crippen molar-refractivity contribution in [2.45, 2.75) is 52.1 Å². The standard InChI is InChI=1S/C14H25N3O2/c1-14(2,3)12(15)13(19)17-7-6-10-9(8-17)4-5-11(18)16-10/h9-10,12H,4-8,15H2,1-3H3,(H,16,18)/t9?,10?,12-/m0/s1. The second-order valence-electron chi connectivity index (χ2n) is 6.89. The first kappa shape index (κ1) is 14.3. The molecule has 0 aromatic carbocycles. The van der Waals surface area contributed by atoms with E-state index in [1.54, 1.807) is 0 Å². The maximum Gasteiger partial charge on any atom is 0.240 e. The van der Waals surface area contributed by atoms with Crippen molar-refractivity contribution in [1.82, 2.24) is 10.2 Å². The number of fused-ring (bicyclic) bond motifs is 1. The lowest BCUT2D eigenvalue weighted by atomic mass is 9.83. The molecule has 3 atom stereocenters. The van der Waals surface area contributed by atoms with Gasteiger partial charge in [-0.1, -0.05) is 20.8 Å². The van der Waals surface area contributed by atoms with Crippen LogP contribution >= 0.6 is 0 Å². The van der Waals surface area contributed by atoms with E-state index in [1.807, 2.05) is 25.7 Å². The molecule has 0 saturated carbocycles. The van der Waals surface area contributed by atoms with Crippen molar-refractivity contribution in [3.63, 3.8) is 0 Å². The average Bonchev–Trinajstić information content (AvgIpc) is 2.35. The van der Waals surface area contributed by atoms with Crippen molar-refractivity contribution in [2.75, 3.05) is 13.1 Å². The first-order valence-electron chi connectivity index (χ1n) is 7.13. The van der Waals surface area contributed by atoms with Gasteiger partial charge in [-0.05, 0) is 24.2 Å². The van der Waals surface area contributed by atoms with Crippen LogP contribution in [0.25, 0.3) is 0 Å². The predicted octanol–water partition coefficient (Wildman–Crippen LogP) is 0.487. The monoisotopic (exact) mass is 267 g/mol. The molecule has 2 heterocycles. The number of rotatable bonds is 1. The molecular weight excluding hydrogens is 242 g/mol. The molecule has 0 radical (unpaired) electrons. The van der Waals surface area contributed by atoms with Gasteiger partial charge in [0.25, 0.3) is 0 Å². The molecule has 2 aliphatic rings. The molecule has 19 heavy (non-hydrogen) atoms. The van der Waals surface area contributed by atoms with E-state index < -0.39 is 6.04 Å². The summed E-state index contributed by atoms with van der Waals surface area (Å²) in [5.74, 6) is 0.581. The molecule has 0 bridgehead atoms. The van der Waals surface area contributed by atoms with E-state index >= 15 is 0 Å². The van der Waals surface area contributed by atoms with E-state index in [4.69, 9.17) is 5.73 Å². The number of nitrogens with one attached hydrogen (secondary N) is 1. The van der Waals surface area contributed by atoms with Crippen LogP contribution in [0.4, 0.5) is 0 Å². The molecule has 0 spiro atoms. The summed E-state index contributed by atoms with van der Waals surface area (Å²) in [5.41, 5.74) is 5.84. The minimum Gasteiger partial charge on any atom is -0.353 e. The quantitative estimate of drug-likeness (QED) is 0.726. The van der Waals surface area contributed by atoms with Crippen LogP contribution in [0.5, 0.6) is 0 Å². The maximum absolute atomic E-state index is 12.4. The van der Waals surface area contributed by atoms with Crippen LogP contribution in [0.2, 0.25) is 0 Å². The number of nitrogens with two attached hydrogens (primary N) is 1. The first-order chi connectivity index (χ1) is 8.79. The molecule has 3 N–H and O–H groups in total. The molecule has 2 saturated heterocycles. The Labute approximate surface area is 114 Å². The van der Waals surface area contributed by atoms with Gasteiger partial charge >= 0.3 is 0 Å². The van der Waals surface area contributed by atoms with Crippen LogP contribution in [0.3, 0.4) is 0 Å². The van der Waals surface area contributed by atoms with E-state index in [0.717, 1.165) is 19.4 Å². The highest BCUT2D eigenvalue weighted by Gasteiger charge is 2.38. The summed E-state index contributed by atoms with van der Waals surface area (Å²) >= 11 is 0. The zero-order valence-electron chi connectivity index (χ0n) is 12.1. The van der Waals surface area contributed by atoms with Crippen molar-refractivity contribution in [1.29, 1.82) is 0 Å². The van der Waals surface area contributed by atoms with Crippen molar-refractivity contribution in [3.05, 3.63) is 0 Å². The van der Waals surface area contributed by atoms with E-state index in [-0.39, 0.29) is 23.3 Å². The third kappa shape index (κ3) is 3.08. The zero-order valence-corrected chi connectivity index (χ0v) is 12.1. The van der Waals surface area contributed by atoms with Gasteiger partial charge in [-0.2, -0.15) is 0 Å². The van der Waals surface area contributed by atoms with Crippen molar-refractivity contribution in [3.8, 4) is 0 Å². The highest BCUT2D eigenvalue weighted by atomic mass is 16.2. The van der Waals surface area contributed by atoms with E-state index in [1.165, 1.54) is 0 Å². The van der Waals surface area contributed by atoms with Crippen molar-refractivity contribution in [2.24, 2.45) is 17.1 Å². The Morgan fingerprint density at radius 1 is 1.42 bits per heavy atom. The summed E-state index contributed by atoms with van der Waals surface area (Å²) in [6.45, 7) is 7.40. The number of nitrogens with zero attached hydrogens (tertiary/aromatic N) is 1. The molecule has 2 fully saturated rings. The Morgan fingerprint density at radius 3 is 2.74 bits per heavy atom. The van der Waals surface area contributed by atoms with E-state index in [2.05, 4.69) is 5.32 Å². The molecule has 2 rings (SSSR count). The normalized spacial score (nSPS) is 29.5. The van der Waals surface area contributed by atoms with Gasteiger partial charge in [0.15, 0.2) is 0 Å². The smallest absolute Gasteiger partial charge is 0.240 e. The second kappa shape index (κ2) is 5.12. The molecule has 0 aromatic rings. The molecule has 0 aliphatic carbocycles. The third-order valence-corrected chi connectivity index (χ3v) is 4.33. The largest absolute Gasteiger partial charge is 0.353 e. The van der Waals surface area contributed by atoms with Crippen LogP contribution in [0.1, 0.15) is 40.0 Å². The fourth-order valence-corrected chi connectivity index (χ4v) is 2.88. The van der Waals surface area contributed by atoms with Gasteiger partial charge in [0.2, 0.25) is 11.8 Å². The van der Waals surface area contributed by atoms with Gasteiger partial charge in [-0.3, -0.25) is 9.59 Å². The van der Waals surface area contributed by atoms with Crippen LogP contribution in [-0.2, 0) is 9.59 Å². The topological polar surface area (TPSA) is 75.4 Å². The maximum atomic E-state index is 12.4. The van der Waals surface area contributed by atoms with Gasteiger partial charge in [-0.15, -0.1) is 0 Å². The fraction of sp³-hybridized carbons (Fsp3) is 0.857. The summed E-state index contributed by atoms with van der Waals surface area (Å²) in [6, 6.07) is -0.210. The molecule has 0 aromatic heterocycles.